The molecule has 128 valence electrons. The van der Waals surface area contributed by atoms with Gasteiger partial charge in [0.15, 0.2) is 0 Å². The fraction of sp³-hybridized carbons (Fsp3) is 0.562. The summed E-state index contributed by atoms with van der Waals surface area (Å²) in [6.07, 6.45) is -4.83. The van der Waals surface area contributed by atoms with Crippen molar-refractivity contribution in [3.63, 3.8) is 0 Å². The molecular weight excluding hydrogens is 319 g/mol. The summed E-state index contributed by atoms with van der Waals surface area (Å²) in [5.41, 5.74) is 0.474. The minimum absolute atomic E-state index is 0.0354. The van der Waals surface area contributed by atoms with Crippen molar-refractivity contribution in [2.45, 2.75) is 44.2 Å². The predicted octanol–water partition coefficient (Wildman–Crippen LogP) is 4.65. The first-order chi connectivity index (χ1) is 10.6. The molecule has 1 aliphatic rings. The Hall–Kier alpha value is -1.66. The van der Waals surface area contributed by atoms with Crippen LogP contribution in [0.1, 0.15) is 43.2 Å². The highest BCUT2D eigenvalue weighted by Crippen LogP contribution is 2.55. The smallest absolute Gasteiger partial charge is 0.392 e. The Labute approximate surface area is 130 Å². The maximum Gasteiger partial charge on any atom is 0.392 e. The monoisotopic (exact) mass is 336 g/mol. The van der Waals surface area contributed by atoms with Crippen molar-refractivity contribution in [3.8, 4) is 0 Å². The summed E-state index contributed by atoms with van der Waals surface area (Å²) in [6, 6.07) is 5.31. The van der Waals surface area contributed by atoms with Gasteiger partial charge in [0, 0.05) is 6.42 Å². The van der Waals surface area contributed by atoms with E-state index >= 15 is 0 Å². The van der Waals surface area contributed by atoms with Crippen molar-refractivity contribution in [1.29, 1.82) is 0 Å². The number of hydrogen-bond donors (Lipinski definition) is 0. The number of carbonyl (C=O) groups excluding carboxylic acids is 1. The quantitative estimate of drug-likeness (QED) is 0.578. The Morgan fingerprint density at radius 2 is 1.83 bits per heavy atom. The van der Waals surface area contributed by atoms with Crippen LogP contribution >= 0.6 is 0 Å². The van der Waals surface area contributed by atoms with Gasteiger partial charge in [-0.1, -0.05) is 31.2 Å². The van der Waals surface area contributed by atoms with E-state index in [-0.39, 0.29) is 18.6 Å². The summed E-state index contributed by atoms with van der Waals surface area (Å²) >= 11 is 0. The van der Waals surface area contributed by atoms with E-state index in [1.807, 2.05) is 0 Å². The van der Waals surface area contributed by atoms with Crippen LogP contribution in [0.15, 0.2) is 24.3 Å². The summed E-state index contributed by atoms with van der Waals surface area (Å²) in [5, 5.41) is 0. The highest BCUT2D eigenvalue weighted by atomic mass is 19.4. The van der Waals surface area contributed by atoms with E-state index < -0.39 is 35.8 Å². The van der Waals surface area contributed by atoms with Crippen LogP contribution in [-0.2, 0) is 9.53 Å². The van der Waals surface area contributed by atoms with Crippen LogP contribution in [0.3, 0.4) is 0 Å². The second-order valence-electron chi connectivity index (χ2n) is 5.74. The molecule has 0 spiro atoms. The van der Waals surface area contributed by atoms with E-state index in [0.717, 1.165) is 6.92 Å². The van der Waals surface area contributed by atoms with Gasteiger partial charge in [0.25, 0.3) is 5.92 Å². The molecule has 0 bridgehead atoms. The van der Waals surface area contributed by atoms with Crippen LogP contribution in [0.5, 0.6) is 0 Å². The summed E-state index contributed by atoms with van der Waals surface area (Å²) in [6.45, 7) is 2.38. The first-order valence-electron chi connectivity index (χ1n) is 7.29. The molecule has 0 aliphatic heterocycles. The van der Waals surface area contributed by atoms with Crippen molar-refractivity contribution >= 4 is 5.97 Å². The van der Waals surface area contributed by atoms with Crippen molar-refractivity contribution in [2.75, 3.05) is 6.61 Å². The molecule has 7 heteroatoms. The summed E-state index contributed by atoms with van der Waals surface area (Å²) in [4.78, 5) is 11.9. The van der Waals surface area contributed by atoms with Gasteiger partial charge in [-0.3, -0.25) is 4.79 Å². The number of hydrogen-bond acceptors (Lipinski definition) is 2. The molecule has 1 aromatic carbocycles. The Bertz CT molecular complexity index is 565. The number of alkyl halides is 5. The molecule has 0 amide bonds. The average Bonchev–Trinajstić information content (AvgIpc) is 3.08. The van der Waals surface area contributed by atoms with Crippen molar-refractivity contribution in [3.05, 3.63) is 35.4 Å². The zero-order chi connectivity index (χ0) is 17.4. The lowest BCUT2D eigenvalue weighted by Gasteiger charge is -2.25. The van der Waals surface area contributed by atoms with Crippen LogP contribution in [0.2, 0.25) is 0 Å². The second-order valence-corrected chi connectivity index (χ2v) is 5.74. The number of esters is 1. The van der Waals surface area contributed by atoms with Gasteiger partial charge >= 0.3 is 12.1 Å². The third kappa shape index (κ3) is 3.82. The molecule has 1 aliphatic carbocycles. The van der Waals surface area contributed by atoms with Crippen molar-refractivity contribution in [1.82, 2.24) is 0 Å². The maximum absolute atomic E-state index is 13.0. The number of ether oxygens (including phenoxy) is 1. The van der Waals surface area contributed by atoms with E-state index in [1.54, 1.807) is 0 Å². The van der Waals surface area contributed by atoms with Crippen LogP contribution in [0, 0.1) is 5.92 Å². The number of benzene rings is 1. The zero-order valence-electron chi connectivity index (χ0n) is 12.7. The molecule has 23 heavy (non-hydrogen) atoms. The minimum Gasteiger partial charge on any atom is -0.466 e. The highest BCUT2D eigenvalue weighted by molar-refractivity contribution is 5.78. The molecule has 0 aromatic heterocycles. The van der Waals surface area contributed by atoms with E-state index in [2.05, 4.69) is 0 Å². The topological polar surface area (TPSA) is 26.3 Å². The molecule has 1 unspecified atom stereocenters. The van der Waals surface area contributed by atoms with Gasteiger partial charge in [-0.15, -0.1) is 0 Å². The first kappa shape index (κ1) is 17.7. The van der Waals surface area contributed by atoms with Gasteiger partial charge < -0.3 is 4.74 Å². The van der Waals surface area contributed by atoms with Crippen LogP contribution in [-0.4, -0.2) is 24.7 Å². The minimum atomic E-state index is -4.57. The molecule has 2 nitrogen and oxygen atoms in total. The van der Waals surface area contributed by atoms with Gasteiger partial charge in [0.1, 0.15) is 0 Å². The van der Waals surface area contributed by atoms with Crippen LogP contribution in [0.25, 0.3) is 0 Å². The fourth-order valence-corrected chi connectivity index (χ4v) is 2.56. The largest absolute Gasteiger partial charge is 0.466 e. The molecule has 0 saturated heterocycles. The number of rotatable bonds is 5. The first-order valence-corrected chi connectivity index (χ1v) is 7.29. The van der Waals surface area contributed by atoms with Gasteiger partial charge in [-0.2, -0.15) is 13.2 Å². The molecule has 0 radical (unpaired) electrons. The molecule has 2 rings (SSSR count). The third-order valence-electron chi connectivity index (χ3n) is 4.08. The predicted molar refractivity (Wildman–Crippen MR) is 73.3 cm³/mol. The molecule has 3 atom stereocenters. The Morgan fingerprint density at radius 1 is 1.30 bits per heavy atom. The van der Waals surface area contributed by atoms with Crippen LogP contribution in [0.4, 0.5) is 22.0 Å². The second kappa shape index (κ2) is 6.09. The Balaban J connectivity index is 2.26. The summed E-state index contributed by atoms with van der Waals surface area (Å²) in [7, 11) is 0. The summed E-state index contributed by atoms with van der Waals surface area (Å²) in [5.74, 6) is -8.06. The summed E-state index contributed by atoms with van der Waals surface area (Å²) < 4.78 is 69.8. The van der Waals surface area contributed by atoms with E-state index in [1.165, 1.54) is 31.2 Å². The van der Waals surface area contributed by atoms with E-state index in [0.29, 0.717) is 5.56 Å². The van der Waals surface area contributed by atoms with Gasteiger partial charge in [0.05, 0.1) is 24.4 Å². The molecule has 1 saturated carbocycles. The maximum atomic E-state index is 13.0. The molecule has 0 heterocycles. The van der Waals surface area contributed by atoms with Gasteiger partial charge in [-0.25, -0.2) is 8.78 Å². The molecule has 1 aromatic rings. The van der Waals surface area contributed by atoms with E-state index in [9.17, 15) is 26.7 Å². The number of carbonyl (C=O) groups is 1. The third-order valence-corrected chi connectivity index (χ3v) is 4.08. The van der Waals surface area contributed by atoms with E-state index in [4.69, 9.17) is 4.74 Å². The SMILES string of the molecule is CCOC(=O)[C@H](c1ccc(C2CC2(F)F)cc1)[C@@H](C)C(F)(F)F. The Kier molecular flexibility index (Phi) is 4.69. The molecule has 1 fully saturated rings. The molecule has 0 N–H and O–H groups in total. The standard InChI is InChI=1S/C16H17F5O2/c1-3-23-14(22)13(9(2)16(19,20)21)11-6-4-10(5-7-11)12-8-15(12,17)18/h4-7,9,12-13H,3,8H2,1-2H3/t9-,12?,13+/m1/s1. The average molecular weight is 336 g/mol. The van der Waals surface area contributed by atoms with Gasteiger partial charge in [-0.05, 0) is 18.1 Å². The van der Waals surface area contributed by atoms with Gasteiger partial charge in [0.2, 0.25) is 0 Å². The lowest BCUT2D eigenvalue weighted by molar-refractivity contribution is -0.185. The van der Waals surface area contributed by atoms with Crippen molar-refractivity contribution < 1.29 is 31.5 Å². The highest BCUT2D eigenvalue weighted by Gasteiger charge is 2.57. The fourth-order valence-electron chi connectivity index (χ4n) is 2.56. The normalized spacial score (nSPS) is 22.3. The lowest BCUT2D eigenvalue weighted by Crippen LogP contribution is -2.32. The molecular formula is C16H17F5O2. The zero-order valence-corrected chi connectivity index (χ0v) is 12.7. The number of halogens is 5. The lowest BCUT2D eigenvalue weighted by atomic mass is 9.86. The Morgan fingerprint density at radius 3 is 2.22 bits per heavy atom. The van der Waals surface area contributed by atoms with Crippen LogP contribution < -0.4 is 0 Å². The van der Waals surface area contributed by atoms with Crippen molar-refractivity contribution in [2.24, 2.45) is 5.92 Å².